The van der Waals surface area contributed by atoms with Crippen LogP contribution in [0.2, 0.25) is 0 Å². The maximum atomic E-state index is 13.5. The van der Waals surface area contributed by atoms with Gasteiger partial charge in [0, 0.05) is 24.2 Å². The van der Waals surface area contributed by atoms with Crippen molar-refractivity contribution in [2.75, 3.05) is 6.54 Å². The molecule has 1 aliphatic rings. The van der Waals surface area contributed by atoms with Gasteiger partial charge in [-0.05, 0) is 18.9 Å². The summed E-state index contributed by atoms with van der Waals surface area (Å²) in [6.07, 6.45) is -4.45. The standard InChI is InChI=1S/C12H11F6N/c13-8-4-10(15)9(14)3-7(8)11-2-1-6(5-19-11)12(16,17)18/h3-4,6,11,19H,1-2,5H2. The highest BCUT2D eigenvalue weighted by Gasteiger charge is 2.41. The highest BCUT2D eigenvalue weighted by atomic mass is 19.4. The summed E-state index contributed by atoms with van der Waals surface area (Å²) in [6, 6.07) is 0.368. The molecule has 0 spiro atoms. The molecule has 1 aliphatic heterocycles. The first-order valence-corrected chi connectivity index (χ1v) is 5.73. The third-order valence-electron chi connectivity index (χ3n) is 3.29. The van der Waals surface area contributed by atoms with Crippen molar-refractivity contribution in [3.05, 3.63) is 35.1 Å². The van der Waals surface area contributed by atoms with Crippen LogP contribution in [-0.2, 0) is 0 Å². The van der Waals surface area contributed by atoms with E-state index < -0.39 is 35.6 Å². The summed E-state index contributed by atoms with van der Waals surface area (Å²) < 4.78 is 76.6. The molecule has 0 radical (unpaired) electrons. The summed E-state index contributed by atoms with van der Waals surface area (Å²) >= 11 is 0. The first-order valence-electron chi connectivity index (χ1n) is 5.73. The van der Waals surface area contributed by atoms with E-state index in [1.165, 1.54) is 0 Å². The minimum atomic E-state index is -4.30. The minimum absolute atomic E-state index is 0.0200. The summed E-state index contributed by atoms with van der Waals surface area (Å²) in [5.74, 6) is -4.97. The number of alkyl halides is 3. The molecular weight excluding hydrogens is 272 g/mol. The van der Waals surface area contributed by atoms with Crippen LogP contribution in [0, 0.1) is 23.4 Å². The molecule has 1 saturated heterocycles. The van der Waals surface area contributed by atoms with Gasteiger partial charge < -0.3 is 5.32 Å². The van der Waals surface area contributed by atoms with Crippen LogP contribution in [0.4, 0.5) is 26.3 Å². The molecular formula is C12H11F6N. The van der Waals surface area contributed by atoms with E-state index in [1.54, 1.807) is 0 Å². The number of benzene rings is 1. The molecule has 2 atom stereocenters. The van der Waals surface area contributed by atoms with E-state index in [0.29, 0.717) is 12.1 Å². The van der Waals surface area contributed by atoms with Crippen LogP contribution >= 0.6 is 0 Å². The lowest BCUT2D eigenvalue weighted by Crippen LogP contribution is -2.40. The Morgan fingerprint density at radius 2 is 1.58 bits per heavy atom. The molecule has 1 fully saturated rings. The predicted octanol–water partition coefficient (Wildman–Crippen LogP) is 3.71. The number of hydrogen-bond donors (Lipinski definition) is 1. The Balaban J connectivity index is 2.12. The smallest absolute Gasteiger partial charge is 0.309 e. The first kappa shape index (κ1) is 14.2. The fourth-order valence-corrected chi connectivity index (χ4v) is 2.21. The van der Waals surface area contributed by atoms with Crippen molar-refractivity contribution < 1.29 is 26.3 Å². The van der Waals surface area contributed by atoms with Crippen molar-refractivity contribution in [1.82, 2.24) is 5.32 Å². The van der Waals surface area contributed by atoms with Gasteiger partial charge in [-0.25, -0.2) is 13.2 Å². The van der Waals surface area contributed by atoms with E-state index in [-0.39, 0.29) is 24.9 Å². The Hall–Kier alpha value is -1.24. The number of hydrogen-bond acceptors (Lipinski definition) is 1. The lowest BCUT2D eigenvalue weighted by molar-refractivity contribution is -0.179. The fourth-order valence-electron chi connectivity index (χ4n) is 2.21. The van der Waals surface area contributed by atoms with Crippen LogP contribution in [0.1, 0.15) is 24.4 Å². The molecule has 0 aliphatic carbocycles. The van der Waals surface area contributed by atoms with Crippen LogP contribution in [0.5, 0.6) is 0 Å². The zero-order valence-corrected chi connectivity index (χ0v) is 9.70. The van der Waals surface area contributed by atoms with Gasteiger partial charge in [-0.2, -0.15) is 13.2 Å². The largest absolute Gasteiger partial charge is 0.393 e. The van der Waals surface area contributed by atoms with Gasteiger partial charge in [0.2, 0.25) is 0 Å². The van der Waals surface area contributed by atoms with E-state index >= 15 is 0 Å². The van der Waals surface area contributed by atoms with Gasteiger partial charge in [-0.15, -0.1) is 0 Å². The Bertz CT molecular complexity index is 462. The van der Waals surface area contributed by atoms with Crippen molar-refractivity contribution in [1.29, 1.82) is 0 Å². The Morgan fingerprint density at radius 3 is 2.11 bits per heavy atom. The molecule has 2 rings (SSSR count). The van der Waals surface area contributed by atoms with Crippen LogP contribution in [0.15, 0.2) is 12.1 Å². The van der Waals surface area contributed by atoms with E-state index in [0.717, 1.165) is 0 Å². The number of piperidine rings is 1. The Labute approximate surface area is 105 Å². The van der Waals surface area contributed by atoms with Gasteiger partial charge in [0.1, 0.15) is 5.82 Å². The maximum absolute atomic E-state index is 13.5. The van der Waals surface area contributed by atoms with Crippen molar-refractivity contribution in [3.8, 4) is 0 Å². The molecule has 0 saturated carbocycles. The average Bonchev–Trinajstić information content (AvgIpc) is 2.33. The second-order valence-corrected chi connectivity index (χ2v) is 4.56. The topological polar surface area (TPSA) is 12.0 Å². The highest BCUT2D eigenvalue weighted by Crippen LogP contribution is 2.36. The van der Waals surface area contributed by atoms with Crippen LogP contribution in [0.25, 0.3) is 0 Å². The molecule has 7 heteroatoms. The number of nitrogens with one attached hydrogen (secondary N) is 1. The van der Waals surface area contributed by atoms with Crippen LogP contribution < -0.4 is 5.32 Å². The van der Waals surface area contributed by atoms with E-state index in [4.69, 9.17) is 0 Å². The Kier molecular flexibility index (Phi) is 3.75. The number of rotatable bonds is 1. The average molecular weight is 283 g/mol. The van der Waals surface area contributed by atoms with Gasteiger partial charge in [0.25, 0.3) is 0 Å². The summed E-state index contributed by atoms with van der Waals surface area (Å²) in [4.78, 5) is 0. The molecule has 1 nitrogen and oxygen atoms in total. The van der Waals surface area contributed by atoms with Gasteiger partial charge in [0.05, 0.1) is 5.92 Å². The molecule has 0 amide bonds. The predicted molar refractivity (Wildman–Crippen MR) is 55.8 cm³/mol. The molecule has 106 valence electrons. The first-order chi connectivity index (χ1) is 8.79. The normalized spacial score (nSPS) is 24.5. The van der Waals surface area contributed by atoms with E-state index in [2.05, 4.69) is 5.32 Å². The third kappa shape index (κ3) is 3.02. The quantitative estimate of drug-likeness (QED) is 0.612. The maximum Gasteiger partial charge on any atom is 0.393 e. The number of halogens is 6. The van der Waals surface area contributed by atoms with E-state index in [1.807, 2.05) is 0 Å². The molecule has 1 aromatic carbocycles. The van der Waals surface area contributed by atoms with E-state index in [9.17, 15) is 26.3 Å². The fraction of sp³-hybridized carbons (Fsp3) is 0.500. The summed E-state index contributed by atoms with van der Waals surface area (Å²) in [7, 11) is 0. The van der Waals surface area contributed by atoms with Gasteiger partial charge in [-0.3, -0.25) is 0 Å². The summed E-state index contributed by atoms with van der Waals surface area (Å²) in [5, 5.41) is 2.53. The summed E-state index contributed by atoms with van der Waals surface area (Å²) in [6.45, 7) is -0.355. The second kappa shape index (κ2) is 5.03. The lowest BCUT2D eigenvalue weighted by Gasteiger charge is -2.31. The van der Waals surface area contributed by atoms with Gasteiger partial charge in [0.15, 0.2) is 11.6 Å². The molecule has 1 aromatic rings. The Morgan fingerprint density at radius 1 is 0.947 bits per heavy atom. The highest BCUT2D eigenvalue weighted by molar-refractivity contribution is 5.24. The monoisotopic (exact) mass is 283 g/mol. The molecule has 0 bridgehead atoms. The molecule has 0 aromatic heterocycles. The summed E-state index contributed by atoms with van der Waals surface area (Å²) in [5.41, 5.74) is -0.139. The molecule has 19 heavy (non-hydrogen) atoms. The lowest BCUT2D eigenvalue weighted by atomic mass is 9.90. The zero-order valence-electron chi connectivity index (χ0n) is 9.70. The van der Waals surface area contributed by atoms with Crippen LogP contribution in [0.3, 0.4) is 0 Å². The molecule has 1 N–H and O–H groups in total. The van der Waals surface area contributed by atoms with Gasteiger partial charge in [-0.1, -0.05) is 0 Å². The SMILES string of the molecule is Fc1cc(F)c(C2CCC(C(F)(F)F)CN2)cc1F. The van der Waals surface area contributed by atoms with Gasteiger partial charge >= 0.3 is 6.18 Å². The van der Waals surface area contributed by atoms with Crippen molar-refractivity contribution in [3.63, 3.8) is 0 Å². The van der Waals surface area contributed by atoms with Crippen LogP contribution in [-0.4, -0.2) is 12.7 Å². The zero-order chi connectivity index (χ0) is 14.2. The van der Waals surface area contributed by atoms with Crippen molar-refractivity contribution in [2.24, 2.45) is 5.92 Å². The third-order valence-corrected chi connectivity index (χ3v) is 3.29. The molecule has 2 unspecified atom stereocenters. The molecule has 1 heterocycles. The van der Waals surface area contributed by atoms with Crippen molar-refractivity contribution in [2.45, 2.75) is 25.1 Å². The minimum Gasteiger partial charge on any atom is -0.309 e. The van der Waals surface area contributed by atoms with Crippen molar-refractivity contribution >= 4 is 0 Å². The second-order valence-electron chi connectivity index (χ2n) is 4.56.